The predicted octanol–water partition coefficient (Wildman–Crippen LogP) is 2.27. The number of hydrogen-bond donors (Lipinski definition) is 2. The van der Waals surface area contributed by atoms with Gasteiger partial charge in [-0.2, -0.15) is 5.10 Å². The van der Waals surface area contributed by atoms with Crippen molar-refractivity contribution >= 4 is 23.2 Å². The number of carbonyl (C=O) groups is 2. The van der Waals surface area contributed by atoms with Crippen molar-refractivity contribution in [3.05, 3.63) is 81.8 Å². The summed E-state index contributed by atoms with van der Waals surface area (Å²) >= 11 is 0. The number of carbonyl (C=O) groups excluding carboxylic acids is 2. The van der Waals surface area contributed by atoms with Crippen molar-refractivity contribution in [3.63, 3.8) is 0 Å². The Bertz CT molecular complexity index is 1170. The van der Waals surface area contributed by atoms with Crippen molar-refractivity contribution < 1.29 is 9.59 Å². The van der Waals surface area contributed by atoms with E-state index in [0.717, 1.165) is 11.1 Å². The minimum Gasteiger partial charge on any atom is -0.311 e. The summed E-state index contributed by atoms with van der Waals surface area (Å²) in [6.07, 6.45) is 0. The Morgan fingerprint density at radius 1 is 0.933 bits per heavy atom. The fraction of sp³-hybridized carbons (Fsp3) is 0.182. The van der Waals surface area contributed by atoms with Gasteiger partial charge >= 0.3 is 11.8 Å². The molecule has 8 nitrogen and oxygen atoms in total. The summed E-state index contributed by atoms with van der Waals surface area (Å²) in [6.45, 7) is 5.39. The lowest BCUT2D eigenvalue weighted by Crippen LogP contribution is -2.34. The lowest BCUT2D eigenvalue weighted by atomic mass is 10.1. The molecule has 0 radical (unpaired) electrons. The first-order valence-electron chi connectivity index (χ1n) is 9.36. The molecule has 1 aromatic heterocycles. The van der Waals surface area contributed by atoms with Crippen LogP contribution >= 0.6 is 0 Å². The molecule has 0 fully saturated rings. The summed E-state index contributed by atoms with van der Waals surface area (Å²) in [6, 6.07) is 16.6. The van der Waals surface area contributed by atoms with Crippen LogP contribution in [-0.2, 0) is 16.6 Å². The standard InChI is InChI=1S/C22H23N5O3/c1-14-10-12-17(13-11-14)15(2)24-25-21(29)20(28)23-19-16(3)26(4)27(22(19)30)18-8-6-5-7-9-18/h5-13H,1-4H3,(H,23,28)(H,25,29)/b24-15+. The molecule has 0 unspecified atom stereocenters. The number of hydrazone groups is 1. The van der Waals surface area contributed by atoms with E-state index >= 15 is 0 Å². The average molecular weight is 405 g/mol. The minimum absolute atomic E-state index is 0.0424. The molecular weight excluding hydrogens is 382 g/mol. The van der Waals surface area contributed by atoms with E-state index in [4.69, 9.17) is 0 Å². The first-order chi connectivity index (χ1) is 14.3. The van der Waals surface area contributed by atoms with Gasteiger partial charge in [-0.25, -0.2) is 10.1 Å². The smallest absolute Gasteiger partial charge is 0.311 e. The van der Waals surface area contributed by atoms with Crippen LogP contribution in [0.1, 0.15) is 23.7 Å². The molecule has 0 saturated carbocycles. The fourth-order valence-electron chi connectivity index (χ4n) is 2.93. The minimum atomic E-state index is -0.971. The van der Waals surface area contributed by atoms with E-state index < -0.39 is 17.4 Å². The highest BCUT2D eigenvalue weighted by Crippen LogP contribution is 2.13. The molecule has 2 N–H and O–H groups in total. The maximum atomic E-state index is 12.8. The summed E-state index contributed by atoms with van der Waals surface area (Å²) in [5, 5.41) is 6.38. The molecule has 0 atom stereocenters. The topological polar surface area (TPSA) is 97.5 Å². The van der Waals surface area contributed by atoms with Crippen molar-refractivity contribution in [1.29, 1.82) is 0 Å². The predicted molar refractivity (Wildman–Crippen MR) is 116 cm³/mol. The summed E-state index contributed by atoms with van der Waals surface area (Å²) in [5.74, 6) is -1.93. The van der Waals surface area contributed by atoms with E-state index in [2.05, 4.69) is 15.8 Å². The third-order valence-electron chi connectivity index (χ3n) is 4.79. The van der Waals surface area contributed by atoms with Crippen LogP contribution in [-0.4, -0.2) is 26.9 Å². The Kier molecular flexibility index (Phi) is 5.96. The maximum Gasteiger partial charge on any atom is 0.329 e. The van der Waals surface area contributed by atoms with Gasteiger partial charge in [-0.1, -0.05) is 48.0 Å². The van der Waals surface area contributed by atoms with Gasteiger partial charge in [-0.3, -0.25) is 19.1 Å². The molecule has 0 saturated heterocycles. The lowest BCUT2D eigenvalue weighted by molar-refractivity contribution is -0.136. The van der Waals surface area contributed by atoms with Gasteiger partial charge in [-0.05, 0) is 38.5 Å². The van der Waals surface area contributed by atoms with Crippen LogP contribution in [0, 0.1) is 13.8 Å². The van der Waals surface area contributed by atoms with E-state index in [1.807, 2.05) is 49.4 Å². The van der Waals surface area contributed by atoms with Crippen molar-refractivity contribution in [2.24, 2.45) is 12.1 Å². The largest absolute Gasteiger partial charge is 0.329 e. The van der Waals surface area contributed by atoms with Gasteiger partial charge in [-0.15, -0.1) is 0 Å². The first-order valence-corrected chi connectivity index (χ1v) is 9.36. The van der Waals surface area contributed by atoms with E-state index in [0.29, 0.717) is 17.1 Å². The number of aryl methyl sites for hydroxylation is 1. The number of rotatable bonds is 4. The molecule has 0 aliphatic rings. The molecule has 30 heavy (non-hydrogen) atoms. The van der Waals surface area contributed by atoms with Gasteiger partial charge in [0.2, 0.25) is 0 Å². The summed E-state index contributed by atoms with van der Waals surface area (Å²) in [7, 11) is 1.70. The monoisotopic (exact) mass is 405 g/mol. The number of nitrogens with zero attached hydrogens (tertiary/aromatic N) is 3. The van der Waals surface area contributed by atoms with Crippen molar-refractivity contribution in [3.8, 4) is 5.69 Å². The van der Waals surface area contributed by atoms with E-state index in [1.165, 1.54) is 4.68 Å². The number of nitrogens with one attached hydrogen (secondary N) is 2. The van der Waals surface area contributed by atoms with Crippen LogP contribution in [0.2, 0.25) is 0 Å². The van der Waals surface area contributed by atoms with Crippen LogP contribution < -0.4 is 16.3 Å². The number of anilines is 1. The van der Waals surface area contributed by atoms with Crippen LogP contribution in [0.5, 0.6) is 0 Å². The number of amides is 2. The Morgan fingerprint density at radius 2 is 1.57 bits per heavy atom. The average Bonchev–Trinajstić information content (AvgIpc) is 2.96. The second-order valence-electron chi connectivity index (χ2n) is 6.89. The Balaban J connectivity index is 1.76. The lowest BCUT2D eigenvalue weighted by Gasteiger charge is -2.07. The van der Waals surface area contributed by atoms with E-state index in [-0.39, 0.29) is 5.69 Å². The van der Waals surface area contributed by atoms with Gasteiger partial charge in [0.25, 0.3) is 5.56 Å². The third-order valence-corrected chi connectivity index (χ3v) is 4.79. The summed E-state index contributed by atoms with van der Waals surface area (Å²) in [5.41, 5.74) is 5.49. The van der Waals surface area contributed by atoms with Gasteiger partial charge in [0.05, 0.1) is 17.1 Å². The number of aromatic nitrogens is 2. The second kappa shape index (κ2) is 8.60. The first kappa shape index (κ1) is 20.8. The Labute approximate surface area is 173 Å². The van der Waals surface area contributed by atoms with Crippen molar-refractivity contribution in [2.75, 3.05) is 5.32 Å². The molecule has 2 amide bonds. The van der Waals surface area contributed by atoms with Gasteiger partial charge in [0.1, 0.15) is 5.69 Å². The number of hydrogen-bond acceptors (Lipinski definition) is 4. The van der Waals surface area contributed by atoms with Crippen LogP contribution in [0.25, 0.3) is 5.69 Å². The zero-order valence-electron chi connectivity index (χ0n) is 17.3. The van der Waals surface area contributed by atoms with E-state index in [1.54, 1.807) is 37.7 Å². The molecule has 0 spiro atoms. The molecule has 3 rings (SSSR count). The number of benzene rings is 2. The van der Waals surface area contributed by atoms with Gasteiger partial charge < -0.3 is 5.32 Å². The van der Waals surface area contributed by atoms with Gasteiger partial charge in [0, 0.05) is 7.05 Å². The van der Waals surface area contributed by atoms with Crippen LogP contribution in [0.15, 0.2) is 64.5 Å². The Morgan fingerprint density at radius 3 is 2.20 bits per heavy atom. The maximum absolute atomic E-state index is 12.8. The summed E-state index contributed by atoms with van der Waals surface area (Å²) in [4.78, 5) is 37.3. The molecule has 0 bridgehead atoms. The Hall–Kier alpha value is -3.94. The molecule has 8 heteroatoms. The SMILES string of the molecule is C/C(=N\NC(=O)C(=O)Nc1c(C)n(C)n(-c2ccccc2)c1=O)c1ccc(C)cc1. The number of para-hydroxylation sites is 1. The highest BCUT2D eigenvalue weighted by molar-refractivity contribution is 6.39. The molecule has 154 valence electrons. The third kappa shape index (κ3) is 4.22. The molecule has 0 aliphatic carbocycles. The zero-order chi connectivity index (χ0) is 21.8. The highest BCUT2D eigenvalue weighted by Gasteiger charge is 2.21. The zero-order valence-corrected chi connectivity index (χ0v) is 17.3. The molecule has 3 aromatic rings. The normalized spacial score (nSPS) is 11.3. The van der Waals surface area contributed by atoms with E-state index in [9.17, 15) is 14.4 Å². The van der Waals surface area contributed by atoms with Gasteiger partial charge in [0.15, 0.2) is 0 Å². The summed E-state index contributed by atoms with van der Waals surface area (Å²) < 4.78 is 3.04. The van der Waals surface area contributed by atoms with Crippen LogP contribution in [0.4, 0.5) is 5.69 Å². The molecule has 1 heterocycles. The van der Waals surface area contributed by atoms with Crippen molar-refractivity contribution in [1.82, 2.24) is 14.8 Å². The molecular formula is C22H23N5O3. The highest BCUT2D eigenvalue weighted by atomic mass is 16.2. The second-order valence-corrected chi connectivity index (χ2v) is 6.89. The molecule has 0 aliphatic heterocycles. The quantitative estimate of drug-likeness (QED) is 0.396. The van der Waals surface area contributed by atoms with Crippen LogP contribution in [0.3, 0.4) is 0 Å². The molecule has 2 aromatic carbocycles. The van der Waals surface area contributed by atoms with Crippen molar-refractivity contribution in [2.45, 2.75) is 20.8 Å². The fourth-order valence-corrected chi connectivity index (χ4v) is 2.93.